The molecule has 1 aromatic heterocycles. The second kappa shape index (κ2) is 5.56. The van der Waals surface area contributed by atoms with Crippen LogP contribution in [0.4, 0.5) is 11.9 Å². The molecule has 0 aromatic carbocycles. The van der Waals surface area contributed by atoms with Crippen molar-refractivity contribution in [3.05, 3.63) is 0 Å². The molecule has 1 aliphatic rings. The Labute approximate surface area is 113 Å². The van der Waals surface area contributed by atoms with Crippen LogP contribution in [0.25, 0.3) is 0 Å². The molecule has 19 heavy (non-hydrogen) atoms. The summed E-state index contributed by atoms with van der Waals surface area (Å²) in [5.74, 6) is 6.13. The average Bonchev–Trinajstić information content (AvgIpc) is 2.37. The minimum Gasteiger partial charge on any atom is -0.467 e. The number of anilines is 2. The predicted molar refractivity (Wildman–Crippen MR) is 73.8 cm³/mol. The van der Waals surface area contributed by atoms with E-state index in [2.05, 4.69) is 39.5 Å². The standard InChI is InChI=1S/C12H22N6O/c1-12(2)6-4-5-8(7-12)14-9-15-10(18-13)17-11(16-9)19-3/h8H,4-7,13H2,1-3H3,(H2,14,15,16,17,18). The molecule has 0 aliphatic heterocycles. The molecule has 0 radical (unpaired) electrons. The molecule has 1 heterocycles. The molecular formula is C12H22N6O. The van der Waals surface area contributed by atoms with Gasteiger partial charge in [-0.25, -0.2) is 5.84 Å². The summed E-state index contributed by atoms with van der Waals surface area (Å²) in [5, 5.41) is 3.35. The smallest absolute Gasteiger partial charge is 0.322 e. The Kier molecular flexibility index (Phi) is 4.04. The molecule has 0 saturated heterocycles. The number of rotatable bonds is 4. The van der Waals surface area contributed by atoms with Gasteiger partial charge in [0.25, 0.3) is 0 Å². The van der Waals surface area contributed by atoms with Crippen molar-refractivity contribution >= 4 is 11.9 Å². The van der Waals surface area contributed by atoms with Gasteiger partial charge < -0.3 is 10.1 Å². The van der Waals surface area contributed by atoms with Crippen molar-refractivity contribution in [3.8, 4) is 6.01 Å². The summed E-state index contributed by atoms with van der Waals surface area (Å²) in [4.78, 5) is 12.4. The first-order valence-corrected chi connectivity index (χ1v) is 6.55. The lowest BCUT2D eigenvalue weighted by molar-refractivity contribution is 0.229. The van der Waals surface area contributed by atoms with Gasteiger partial charge in [0, 0.05) is 6.04 Å². The zero-order valence-corrected chi connectivity index (χ0v) is 11.7. The SMILES string of the molecule is COc1nc(NN)nc(NC2CCCC(C)(C)C2)n1. The Hall–Kier alpha value is -1.63. The van der Waals surface area contributed by atoms with Gasteiger partial charge in [0.05, 0.1) is 7.11 Å². The van der Waals surface area contributed by atoms with Crippen LogP contribution in [0.15, 0.2) is 0 Å². The van der Waals surface area contributed by atoms with Crippen LogP contribution in [0, 0.1) is 5.41 Å². The first-order valence-electron chi connectivity index (χ1n) is 6.55. The van der Waals surface area contributed by atoms with Gasteiger partial charge >= 0.3 is 6.01 Å². The van der Waals surface area contributed by atoms with Crippen LogP contribution in [-0.2, 0) is 0 Å². The van der Waals surface area contributed by atoms with Crippen molar-refractivity contribution < 1.29 is 4.74 Å². The first-order chi connectivity index (χ1) is 9.02. The minimum atomic E-state index is 0.250. The maximum Gasteiger partial charge on any atom is 0.322 e. The number of aromatic nitrogens is 3. The molecule has 1 aliphatic carbocycles. The Morgan fingerprint density at radius 2 is 2.00 bits per heavy atom. The minimum absolute atomic E-state index is 0.250. The maximum absolute atomic E-state index is 5.33. The van der Waals surface area contributed by atoms with Crippen molar-refractivity contribution in [3.63, 3.8) is 0 Å². The van der Waals surface area contributed by atoms with Crippen LogP contribution in [0.2, 0.25) is 0 Å². The molecule has 1 fully saturated rings. The van der Waals surface area contributed by atoms with E-state index in [1.165, 1.54) is 20.0 Å². The number of hydrogen-bond acceptors (Lipinski definition) is 7. The Balaban J connectivity index is 2.09. The fourth-order valence-electron chi connectivity index (χ4n) is 2.58. The predicted octanol–water partition coefficient (Wildman–Crippen LogP) is 1.55. The van der Waals surface area contributed by atoms with E-state index in [1.54, 1.807) is 0 Å². The number of hydrogen-bond donors (Lipinski definition) is 3. The topological polar surface area (TPSA) is 98.0 Å². The van der Waals surface area contributed by atoms with Gasteiger partial charge in [-0.15, -0.1) is 0 Å². The normalized spacial score (nSPS) is 21.8. The average molecular weight is 266 g/mol. The fraction of sp³-hybridized carbons (Fsp3) is 0.750. The number of hydrazine groups is 1. The van der Waals surface area contributed by atoms with E-state index < -0.39 is 0 Å². The second-order valence-electron chi connectivity index (χ2n) is 5.72. The van der Waals surface area contributed by atoms with Gasteiger partial charge in [-0.3, -0.25) is 5.43 Å². The molecule has 7 heteroatoms. The fourth-order valence-corrected chi connectivity index (χ4v) is 2.58. The van der Waals surface area contributed by atoms with Crippen LogP contribution in [-0.4, -0.2) is 28.1 Å². The highest BCUT2D eigenvalue weighted by Crippen LogP contribution is 2.36. The Morgan fingerprint density at radius 3 is 2.63 bits per heavy atom. The summed E-state index contributed by atoms with van der Waals surface area (Å²) in [6.07, 6.45) is 4.71. The van der Waals surface area contributed by atoms with E-state index in [-0.39, 0.29) is 6.01 Å². The zero-order chi connectivity index (χ0) is 13.9. The zero-order valence-electron chi connectivity index (χ0n) is 11.7. The number of nitrogen functional groups attached to an aromatic ring is 1. The Morgan fingerprint density at radius 1 is 1.26 bits per heavy atom. The molecule has 0 bridgehead atoms. The van der Waals surface area contributed by atoms with Crippen molar-refractivity contribution in [1.29, 1.82) is 0 Å². The lowest BCUT2D eigenvalue weighted by Gasteiger charge is -2.35. The molecule has 2 rings (SSSR count). The van der Waals surface area contributed by atoms with Crippen LogP contribution in [0.1, 0.15) is 39.5 Å². The summed E-state index contributed by atoms with van der Waals surface area (Å²) in [7, 11) is 1.52. The second-order valence-corrected chi connectivity index (χ2v) is 5.72. The van der Waals surface area contributed by atoms with E-state index >= 15 is 0 Å². The summed E-state index contributed by atoms with van der Waals surface area (Å²) in [6, 6.07) is 0.627. The maximum atomic E-state index is 5.33. The van der Waals surface area contributed by atoms with Crippen LogP contribution < -0.4 is 21.3 Å². The van der Waals surface area contributed by atoms with E-state index in [0.717, 1.165) is 12.8 Å². The molecular weight excluding hydrogens is 244 g/mol. The van der Waals surface area contributed by atoms with Gasteiger partial charge in [0.2, 0.25) is 11.9 Å². The van der Waals surface area contributed by atoms with Crippen molar-refractivity contribution in [2.45, 2.75) is 45.6 Å². The molecule has 1 unspecified atom stereocenters. The number of methoxy groups -OCH3 is 1. The number of ether oxygens (including phenoxy) is 1. The first kappa shape index (κ1) is 13.8. The molecule has 1 saturated carbocycles. The van der Waals surface area contributed by atoms with Gasteiger partial charge in [0.1, 0.15) is 0 Å². The van der Waals surface area contributed by atoms with Gasteiger partial charge in [-0.05, 0) is 24.7 Å². The third-order valence-electron chi connectivity index (χ3n) is 3.46. The van der Waals surface area contributed by atoms with Gasteiger partial charge in [-0.2, -0.15) is 15.0 Å². The largest absolute Gasteiger partial charge is 0.467 e. The third-order valence-corrected chi connectivity index (χ3v) is 3.46. The highest BCUT2D eigenvalue weighted by molar-refractivity contribution is 5.35. The van der Waals surface area contributed by atoms with E-state index in [0.29, 0.717) is 23.4 Å². The summed E-state index contributed by atoms with van der Waals surface area (Å²) >= 11 is 0. The monoisotopic (exact) mass is 266 g/mol. The third kappa shape index (κ3) is 3.66. The molecule has 106 valence electrons. The van der Waals surface area contributed by atoms with Gasteiger partial charge in [0.15, 0.2) is 0 Å². The molecule has 7 nitrogen and oxygen atoms in total. The van der Waals surface area contributed by atoms with Crippen LogP contribution >= 0.6 is 0 Å². The van der Waals surface area contributed by atoms with Crippen molar-refractivity contribution in [2.75, 3.05) is 17.9 Å². The summed E-state index contributed by atoms with van der Waals surface area (Å²) in [5.41, 5.74) is 2.78. The highest BCUT2D eigenvalue weighted by atomic mass is 16.5. The molecule has 0 spiro atoms. The van der Waals surface area contributed by atoms with E-state index in [4.69, 9.17) is 10.6 Å². The van der Waals surface area contributed by atoms with Crippen molar-refractivity contribution in [2.24, 2.45) is 11.3 Å². The van der Waals surface area contributed by atoms with E-state index in [1.807, 2.05) is 0 Å². The van der Waals surface area contributed by atoms with Crippen LogP contribution in [0.5, 0.6) is 6.01 Å². The lowest BCUT2D eigenvalue weighted by atomic mass is 9.75. The number of nitrogens with one attached hydrogen (secondary N) is 2. The Bertz CT molecular complexity index is 414. The number of nitrogens with two attached hydrogens (primary N) is 1. The quantitative estimate of drug-likeness (QED) is 0.561. The molecule has 0 amide bonds. The molecule has 1 aromatic rings. The number of nitrogens with zero attached hydrogens (tertiary/aromatic N) is 3. The lowest BCUT2D eigenvalue weighted by Crippen LogP contribution is -2.32. The van der Waals surface area contributed by atoms with Crippen molar-refractivity contribution in [1.82, 2.24) is 15.0 Å². The van der Waals surface area contributed by atoms with Gasteiger partial charge in [-0.1, -0.05) is 20.3 Å². The summed E-state index contributed by atoms with van der Waals surface area (Å²) < 4.78 is 5.03. The summed E-state index contributed by atoms with van der Waals surface area (Å²) in [6.45, 7) is 4.59. The highest BCUT2D eigenvalue weighted by Gasteiger charge is 2.28. The van der Waals surface area contributed by atoms with E-state index in [9.17, 15) is 0 Å². The molecule has 1 atom stereocenters. The molecule has 4 N–H and O–H groups in total. The van der Waals surface area contributed by atoms with Crippen LogP contribution in [0.3, 0.4) is 0 Å².